The zero-order valence-electron chi connectivity index (χ0n) is 23.5. The Morgan fingerprint density at radius 2 is 1.68 bits per heavy atom. The smallest absolute Gasteiger partial charge is 0.243 e. The third-order valence-corrected chi connectivity index (χ3v) is 8.87. The average Bonchev–Trinajstić information content (AvgIpc) is 2.90. The van der Waals surface area contributed by atoms with E-state index in [-0.39, 0.29) is 11.3 Å². The molecule has 0 aromatic heterocycles. The average molecular weight is 542 g/mol. The largest absolute Gasteiger partial charge is 0.496 e. The van der Waals surface area contributed by atoms with Crippen LogP contribution in [0, 0.1) is 0 Å². The van der Waals surface area contributed by atoms with Crippen LogP contribution >= 0.6 is 0 Å². The Morgan fingerprint density at radius 1 is 1.03 bits per heavy atom. The molecule has 1 heterocycles. The Kier molecular flexibility index (Phi) is 10.5. The molecule has 1 amide bonds. The van der Waals surface area contributed by atoms with Gasteiger partial charge in [0.2, 0.25) is 15.9 Å². The first-order valence-electron chi connectivity index (χ1n) is 13.5. The van der Waals surface area contributed by atoms with Gasteiger partial charge in [0.15, 0.2) is 0 Å². The number of sulfonamides is 1. The molecule has 1 fully saturated rings. The van der Waals surface area contributed by atoms with Crippen molar-refractivity contribution >= 4 is 22.0 Å². The Bertz CT molecular complexity index is 1180. The quantitative estimate of drug-likeness (QED) is 0.415. The van der Waals surface area contributed by atoms with Gasteiger partial charge in [-0.3, -0.25) is 9.69 Å². The fourth-order valence-electron chi connectivity index (χ4n) is 4.53. The van der Waals surface area contributed by atoms with Gasteiger partial charge < -0.3 is 9.64 Å². The fourth-order valence-corrected chi connectivity index (χ4v) is 5.95. The van der Waals surface area contributed by atoms with Crippen molar-refractivity contribution in [1.29, 1.82) is 0 Å². The third-order valence-electron chi connectivity index (χ3n) is 6.95. The van der Waals surface area contributed by atoms with E-state index in [9.17, 15) is 13.2 Å². The number of carbonyl (C=O) groups excluding carboxylic acids is 1. The number of hydrogen-bond donors (Lipinski definition) is 0. The monoisotopic (exact) mass is 541 g/mol. The molecule has 8 heteroatoms. The summed E-state index contributed by atoms with van der Waals surface area (Å²) < 4.78 is 33.4. The van der Waals surface area contributed by atoms with Crippen molar-refractivity contribution in [1.82, 2.24) is 14.1 Å². The predicted octanol–water partition coefficient (Wildman–Crippen LogP) is 4.64. The molecule has 0 spiro atoms. The van der Waals surface area contributed by atoms with Crippen molar-refractivity contribution in [3.05, 3.63) is 65.7 Å². The molecule has 1 aliphatic rings. The van der Waals surface area contributed by atoms with Gasteiger partial charge in [-0.2, -0.15) is 4.31 Å². The zero-order chi connectivity index (χ0) is 27.8. The molecule has 1 aliphatic heterocycles. The zero-order valence-corrected chi connectivity index (χ0v) is 24.3. The first kappa shape index (κ1) is 29.9. The summed E-state index contributed by atoms with van der Waals surface area (Å²) in [6.45, 7) is 12.4. The molecule has 1 saturated heterocycles. The van der Waals surface area contributed by atoms with E-state index in [4.69, 9.17) is 4.74 Å². The van der Waals surface area contributed by atoms with E-state index >= 15 is 0 Å². The predicted molar refractivity (Wildman–Crippen MR) is 154 cm³/mol. The van der Waals surface area contributed by atoms with Crippen molar-refractivity contribution < 1.29 is 17.9 Å². The summed E-state index contributed by atoms with van der Waals surface area (Å²) >= 11 is 0. The summed E-state index contributed by atoms with van der Waals surface area (Å²) in [6, 6.07) is 15.1. The van der Waals surface area contributed by atoms with Crippen LogP contribution in [0.25, 0.3) is 6.08 Å². The topological polar surface area (TPSA) is 70.2 Å². The highest BCUT2D eigenvalue weighted by Crippen LogP contribution is 2.25. The Labute approximate surface area is 229 Å². The second-order valence-corrected chi connectivity index (χ2v) is 12.7. The Balaban J connectivity index is 1.56. The highest BCUT2D eigenvalue weighted by Gasteiger charge is 2.29. The third kappa shape index (κ3) is 7.91. The molecule has 38 heavy (non-hydrogen) atoms. The molecule has 2 aromatic carbocycles. The molecule has 0 N–H and O–H groups in total. The maximum atomic E-state index is 13.2. The standard InChI is InChI=1S/C30H43N3O4S/c1-6-10-29(34)32(18-9-12-25-11-7-8-13-28(25)37-5)22-19-31-20-23-33(24-21-31)38(35,36)27-16-14-26(15-17-27)30(2,3)4/h7-9,11-17H,6,10,18-24H2,1-5H3. The summed E-state index contributed by atoms with van der Waals surface area (Å²) in [5, 5.41) is 0. The SMILES string of the molecule is CCCC(=O)N(CC=Cc1ccccc1OC)CCN1CCN(S(=O)(=O)c2ccc(C(C)(C)C)cc2)CC1. The number of methoxy groups -OCH3 is 1. The normalized spacial score (nSPS) is 15.6. The van der Waals surface area contributed by atoms with E-state index in [0.29, 0.717) is 57.1 Å². The van der Waals surface area contributed by atoms with E-state index in [2.05, 4.69) is 25.7 Å². The summed E-state index contributed by atoms with van der Waals surface area (Å²) in [5.74, 6) is 0.935. The number of rotatable bonds is 11. The van der Waals surface area contributed by atoms with Crippen LogP contribution < -0.4 is 4.74 Å². The number of ether oxygens (including phenoxy) is 1. The number of piperazine rings is 1. The van der Waals surface area contributed by atoms with Crippen LogP contribution in [0.5, 0.6) is 5.75 Å². The van der Waals surface area contributed by atoms with Gasteiger partial charge in [-0.1, -0.05) is 70.2 Å². The second kappa shape index (κ2) is 13.4. The first-order chi connectivity index (χ1) is 18.1. The highest BCUT2D eigenvalue weighted by molar-refractivity contribution is 7.89. The number of hydrogen-bond acceptors (Lipinski definition) is 5. The lowest BCUT2D eigenvalue weighted by molar-refractivity contribution is -0.130. The summed E-state index contributed by atoms with van der Waals surface area (Å²) in [7, 11) is -1.87. The van der Waals surface area contributed by atoms with E-state index in [1.54, 1.807) is 23.5 Å². The molecule has 2 aromatic rings. The second-order valence-electron chi connectivity index (χ2n) is 10.8. The van der Waals surface area contributed by atoms with Gasteiger partial charge in [-0.05, 0) is 35.6 Å². The van der Waals surface area contributed by atoms with Gasteiger partial charge in [0.1, 0.15) is 5.75 Å². The highest BCUT2D eigenvalue weighted by atomic mass is 32.2. The minimum Gasteiger partial charge on any atom is -0.496 e. The maximum Gasteiger partial charge on any atom is 0.243 e. The number of amides is 1. The van der Waals surface area contributed by atoms with Crippen LogP contribution in [-0.2, 0) is 20.2 Å². The lowest BCUT2D eigenvalue weighted by Gasteiger charge is -2.35. The van der Waals surface area contributed by atoms with E-state index in [0.717, 1.165) is 23.3 Å². The molecule has 0 radical (unpaired) electrons. The van der Waals surface area contributed by atoms with Gasteiger partial charge in [0.05, 0.1) is 12.0 Å². The van der Waals surface area contributed by atoms with Gasteiger partial charge in [-0.15, -0.1) is 0 Å². The van der Waals surface area contributed by atoms with Gasteiger partial charge in [0.25, 0.3) is 0 Å². The lowest BCUT2D eigenvalue weighted by Crippen LogP contribution is -2.50. The molecule has 208 valence electrons. The van der Waals surface area contributed by atoms with Crippen LogP contribution in [0.1, 0.15) is 51.7 Å². The Morgan fingerprint density at radius 3 is 2.29 bits per heavy atom. The minimum atomic E-state index is -3.52. The van der Waals surface area contributed by atoms with Crippen LogP contribution in [-0.4, -0.2) is 81.4 Å². The number of benzene rings is 2. The molecular formula is C30H43N3O4S. The van der Waals surface area contributed by atoms with E-state index < -0.39 is 10.0 Å². The first-order valence-corrected chi connectivity index (χ1v) is 14.9. The van der Waals surface area contributed by atoms with Gasteiger partial charge >= 0.3 is 0 Å². The molecule has 0 atom stereocenters. The number of para-hydroxylation sites is 1. The summed E-state index contributed by atoms with van der Waals surface area (Å²) in [4.78, 5) is 17.2. The van der Waals surface area contributed by atoms with Crippen LogP contribution in [0.15, 0.2) is 59.5 Å². The molecule has 0 unspecified atom stereocenters. The fraction of sp³-hybridized carbons (Fsp3) is 0.500. The summed E-state index contributed by atoms with van der Waals surface area (Å²) in [6.07, 6.45) is 5.31. The Hall–Kier alpha value is -2.68. The van der Waals surface area contributed by atoms with Crippen LogP contribution in [0.2, 0.25) is 0 Å². The minimum absolute atomic E-state index is 0.0233. The lowest BCUT2D eigenvalue weighted by atomic mass is 9.87. The van der Waals surface area contributed by atoms with Crippen molar-refractivity contribution in [3.63, 3.8) is 0 Å². The number of nitrogens with zero attached hydrogens (tertiary/aromatic N) is 3. The molecule has 0 bridgehead atoms. The molecular weight excluding hydrogens is 498 g/mol. The van der Waals surface area contributed by atoms with Gasteiger partial charge in [-0.25, -0.2) is 8.42 Å². The number of carbonyl (C=O) groups is 1. The van der Waals surface area contributed by atoms with Crippen LogP contribution in [0.3, 0.4) is 0 Å². The van der Waals surface area contributed by atoms with Crippen molar-refractivity contribution in [3.8, 4) is 5.75 Å². The maximum absolute atomic E-state index is 13.2. The van der Waals surface area contributed by atoms with Crippen molar-refractivity contribution in [2.24, 2.45) is 0 Å². The van der Waals surface area contributed by atoms with E-state index in [1.807, 2.05) is 60.4 Å². The molecule has 7 nitrogen and oxygen atoms in total. The molecule has 0 aliphatic carbocycles. The molecule has 0 saturated carbocycles. The van der Waals surface area contributed by atoms with Crippen molar-refractivity contribution in [2.75, 3.05) is 52.9 Å². The molecule has 3 rings (SSSR count). The van der Waals surface area contributed by atoms with Crippen molar-refractivity contribution in [2.45, 2.75) is 50.8 Å². The van der Waals surface area contributed by atoms with Crippen LogP contribution in [0.4, 0.5) is 0 Å². The van der Waals surface area contributed by atoms with E-state index in [1.165, 1.54) is 0 Å². The van der Waals surface area contributed by atoms with Gasteiger partial charge in [0, 0.05) is 57.8 Å². The summed E-state index contributed by atoms with van der Waals surface area (Å²) in [5.41, 5.74) is 2.06.